The van der Waals surface area contributed by atoms with Crippen LogP contribution in [0.1, 0.15) is 37.7 Å². The summed E-state index contributed by atoms with van der Waals surface area (Å²) in [5.74, 6) is 0. The Balaban J connectivity index is 1.63. The summed E-state index contributed by atoms with van der Waals surface area (Å²) in [5.41, 5.74) is 0.783. The van der Waals surface area contributed by atoms with Gasteiger partial charge >= 0.3 is 0 Å². The van der Waals surface area contributed by atoms with Crippen LogP contribution >= 0.6 is 0 Å². The summed E-state index contributed by atoms with van der Waals surface area (Å²) in [4.78, 5) is 6.61. The lowest BCUT2D eigenvalue weighted by molar-refractivity contribution is -0.0497. The molecular weight excluding hydrogens is 224 g/mol. The molecule has 98 valence electrons. The van der Waals surface area contributed by atoms with Crippen LogP contribution in [0.3, 0.4) is 0 Å². The minimum absolute atomic E-state index is 0.450. The summed E-state index contributed by atoms with van der Waals surface area (Å²) in [5, 5.41) is 10.8. The average Bonchev–Trinajstić information content (AvgIpc) is 2.62. The van der Waals surface area contributed by atoms with Crippen LogP contribution < -0.4 is 0 Å². The highest BCUT2D eigenvalue weighted by atomic mass is 16.3. The second-order valence-corrected chi connectivity index (χ2v) is 6.04. The van der Waals surface area contributed by atoms with Gasteiger partial charge in [-0.15, -0.1) is 0 Å². The number of aliphatic hydroxyl groups is 1. The van der Waals surface area contributed by atoms with Gasteiger partial charge in [0, 0.05) is 24.5 Å². The Bertz CT molecular complexity index is 392. The zero-order valence-electron chi connectivity index (χ0n) is 11.0. The van der Waals surface area contributed by atoms with Crippen molar-refractivity contribution in [1.82, 2.24) is 9.88 Å². The molecule has 0 radical (unpaired) electrons. The fourth-order valence-corrected chi connectivity index (χ4v) is 3.67. The molecule has 2 unspecified atom stereocenters. The van der Waals surface area contributed by atoms with E-state index in [-0.39, 0.29) is 0 Å². The molecule has 1 aromatic rings. The van der Waals surface area contributed by atoms with E-state index in [4.69, 9.17) is 0 Å². The van der Waals surface area contributed by atoms with Crippen molar-refractivity contribution in [3.05, 3.63) is 30.1 Å². The van der Waals surface area contributed by atoms with Crippen LogP contribution in [0.25, 0.3) is 0 Å². The van der Waals surface area contributed by atoms with E-state index < -0.39 is 5.60 Å². The molecule has 2 aliphatic heterocycles. The smallest absolute Gasteiger partial charge is 0.0680 e. The molecule has 0 aliphatic carbocycles. The molecule has 2 fully saturated rings. The predicted octanol–water partition coefficient (Wildman–Crippen LogP) is 2.00. The van der Waals surface area contributed by atoms with Gasteiger partial charge in [0.05, 0.1) is 5.60 Å². The molecule has 18 heavy (non-hydrogen) atoms. The van der Waals surface area contributed by atoms with Crippen LogP contribution in [0.5, 0.6) is 0 Å². The number of fused-ring (bicyclic) bond motifs is 2. The van der Waals surface area contributed by atoms with E-state index in [1.165, 1.54) is 18.4 Å². The molecule has 0 saturated carbocycles. The molecule has 2 bridgehead atoms. The SMILES string of the molecule is CN1C2CC[C@@H]1CC(O)(CCc1cccnc1)C2. The van der Waals surface area contributed by atoms with E-state index in [1.807, 2.05) is 12.3 Å². The van der Waals surface area contributed by atoms with E-state index in [9.17, 15) is 5.11 Å². The van der Waals surface area contributed by atoms with Gasteiger partial charge in [-0.25, -0.2) is 0 Å². The molecule has 3 nitrogen and oxygen atoms in total. The maximum atomic E-state index is 10.8. The van der Waals surface area contributed by atoms with Gasteiger partial charge in [0.25, 0.3) is 0 Å². The third kappa shape index (κ3) is 2.29. The largest absolute Gasteiger partial charge is 0.390 e. The number of nitrogens with zero attached hydrogens (tertiary/aromatic N) is 2. The Morgan fingerprint density at radius 3 is 2.72 bits per heavy atom. The van der Waals surface area contributed by atoms with Crippen molar-refractivity contribution >= 4 is 0 Å². The molecule has 3 heterocycles. The second kappa shape index (κ2) is 4.63. The van der Waals surface area contributed by atoms with Crippen LogP contribution in [0.15, 0.2) is 24.5 Å². The van der Waals surface area contributed by atoms with E-state index in [0.717, 1.165) is 25.7 Å². The Morgan fingerprint density at radius 2 is 2.11 bits per heavy atom. The van der Waals surface area contributed by atoms with E-state index in [0.29, 0.717) is 12.1 Å². The lowest BCUT2D eigenvalue weighted by Crippen LogP contribution is -2.49. The van der Waals surface area contributed by atoms with Crippen molar-refractivity contribution < 1.29 is 5.11 Å². The minimum Gasteiger partial charge on any atom is -0.390 e. The van der Waals surface area contributed by atoms with Gasteiger partial charge in [-0.1, -0.05) is 6.07 Å². The van der Waals surface area contributed by atoms with Gasteiger partial charge in [0.1, 0.15) is 0 Å². The van der Waals surface area contributed by atoms with Crippen molar-refractivity contribution in [1.29, 1.82) is 0 Å². The van der Waals surface area contributed by atoms with Crippen molar-refractivity contribution in [2.45, 2.75) is 56.2 Å². The fourth-order valence-electron chi connectivity index (χ4n) is 3.67. The van der Waals surface area contributed by atoms with Crippen LogP contribution in [-0.2, 0) is 6.42 Å². The quantitative estimate of drug-likeness (QED) is 0.886. The molecule has 0 aromatic carbocycles. The van der Waals surface area contributed by atoms with Gasteiger partial charge in [-0.3, -0.25) is 4.98 Å². The highest BCUT2D eigenvalue weighted by molar-refractivity contribution is 5.10. The Morgan fingerprint density at radius 1 is 1.39 bits per heavy atom. The minimum atomic E-state index is -0.450. The molecule has 3 atom stereocenters. The number of hydrogen-bond donors (Lipinski definition) is 1. The maximum Gasteiger partial charge on any atom is 0.0680 e. The molecule has 0 spiro atoms. The van der Waals surface area contributed by atoms with Crippen LogP contribution in [-0.4, -0.2) is 39.7 Å². The standard InChI is InChI=1S/C15H22N2O/c1-17-13-4-5-14(17)10-15(18,9-13)7-6-12-3-2-8-16-11-12/h2-3,8,11,13-14,18H,4-7,9-10H2,1H3/t13-,14?,15?/m1/s1. The lowest BCUT2D eigenvalue weighted by atomic mass is 9.82. The fraction of sp³-hybridized carbons (Fsp3) is 0.667. The summed E-state index contributed by atoms with van der Waals surface area (Å²) >= 11 is 0. The zero-order valence-corrected chi connectivity index (χ0v) is 11.0. The third-order valence-electron chi connectivity index (χ3n) is 4.82. The first-order chi connectivity index (χ1) is 8.66. The van der Waals surface area contributed by atoms with Gasteiger partial charge in [0.15, 0.2) is 0 Å². The molecule has 2 saturated heterocycles. The molecule has 0 amide bonds. The monoisotopic (exact) mass is 246 g/mol. The number of hydrogen-bond acceptors (Lipinski definition) is 3. The summed E-state index contributed by atoms with van der Waals surface area (Å²) in [6.07, 6.45) is 9.93. The zero-order chi connectivity index (χ0) is 12.6. The van der Waals surface area contributed by atoms with Gasteiger partial charge in [0.2, 0.25) is 0 Å². The van der Waals surface area contributed by atoms with Crippen molar-refractivity contribution in [3.8, 4) is 0 Å². The first kappa shape index (κ1) is 12.1. The van der Waals surface area contributed by atoms with Gasteiger partial charge < -0.3 is 10.0 Å². The summed E-state index contributed by atoms with van der Waals surface area (Å²) in [7, 11) is 2.21. The number of piperidine rings is 1. The van der Waals surface area contributed by atoms with Crippen molar-refractivity contribution in [3.63, 3.8) is 0 Å². The molecular formula is C15H22N2O. The first-order valence-corrected chi connectivity index (χ1v) is 6.99. The number of aromatic nitrogens is 1. The summed E-state index contributed by atoms with van der Waals surface area (Å²) in [6, 6.07) is 5.27. The first-order valence-electron chi connectivity index (χ1n) is 6.99. The Kier molecular flexibility index (Phi) is 3.12. The Hall–Kier alpha value is -0.930. The summed E-state index contributed by atoms with van der Waals surface area (Å²) in [6.45, 7) is 0. The predicted molar refractivity (Wildman–Crippen MR) is 71.3 cm³/mol. The average molecular weight is 246 g/mol. The lowest BCUT2D eigenvalue weighted by Gasteiger charge is -2.42. The molecule has 2 aliphatic rings. The summed E-state index contributed by atoms with van der Waals surface area (Å²) < 4.78 is 0. The number of aryl methyl sites for hydroxylation is 1. The Labute approximate surface area is 109 Å². The van der Waals surface area contributed by atoms with Crippen LogP contribution in [0, 0.1) is 0 Å². The normalized spacial score (nSPS) is 35.9. The third-order valence-corrected chi connectivity index (χ3v) is 4.82. The molecule has 1 aromatic heterocycles. The van der Waals surface area contributed by atoms with Crippen LogP contribution in [0.4, 0.5) is 0 Å². The van der Waals surface area contributed by atoms with Crippen LogP contribution in [0.2, 0.25) is 0 Å². The number of pyridine rings is 1. The molecule has 1 N–H and O–H groups in total. The second-order valence-electron chi connectivity index (χ2n) is 6.04. The van der Waals surface area contributed by atoms with Crippen molar-refractivity contribution in [2.75, 3.05) is 7.05 Å². The maximum absolute atomic E-state index is 10.8. The number of rotatable bonds is 3. The van der Waals surface area contributed by atoms with Gasteiger partial charge in [-0.2, -0.15) is 0 Å². The highest BCUT2D eigenvalue weighted by Crippen LogP contribution is 2.41. The topological polar surface area (TPSA) is 36.4 Å². The van der Waals surface area contributed by atoms with E-state index in [1.54, 1.807) is 6.20 Å². The molecule has 3 rings (SSSR count). The van der Waals surface area contributed by atoms with E-state index in [2.05, 4.69) is 23.0 Å². The molecule has 3 heteroatoms. The van der Waals surface area contributed by atoms with Crippen molar-refractivity contribution in [2.24, 2.45) is 0 Å². The van der Waals surface area contributed by atoms with Gasteiger partial charge in [-0.05, 0) is 57.2 Å². The highest BCUT2D eigenvalue weighted by Gasteiger charge is 2.45. The van der Waals surface area contributed by atoms with E-state index >= 15 is 0 Å².